The standard InChI is InChI=1S/2C11H11.4CH3.H2Si.Zr/c2*1-2-9-7-10-5-3-4-6-11(10)8-9;;;;;;/h2*3-8H,2H2,1H3;4*1H3;1H2;. The first-order chi connectivity index (χ1) is 12.8. The first-order valence-electron chi connectivity index (χ1n) is 11.0. The Hall–Kier alpha value is -0.980. The molecule has 4 rings (SSSR count). The van der Waals surface area contributed by atoms with E-state index in [2.05, 4.69) is 99.9 Å². The van der Waals surface area contributed by atoms with Gasteiger partial charge in [-0.3, -0.25) is 0 Å². The van der Waals surface area contributed by atoms with Gasteiger partial charge in [0.2, 0.25) is 0 Å². The molecule has 148 valence electrons. The molecule has 0 N–H and O–H groups in total. The summed E-state index contributed by atoms with van der Waals surface area (Å²) in [6.07, 6.45) is 7.29. The Kier molecular flexibility index (Phi) is 3.76. The normalized spacial score (nSPS) is 24.9. The molecule has 0 radical (unpaired) electrons. The van der Waals surface area contributed by atoms with Crippen LogP contribution in [-0.4, -0.2) is 6.88 Å². The average molecular weight is 468 g/mol. The number of hydrogen-bond donors (Lipinski definition) is 0. The van der Waals surface area contributed by atoms with Crippen LogP contribution >= 0.6 is 0 Å². The molecule has 28 heavy (non-hydrogen) atoms. The summed E-state index contributed by atoms with van der Waals surface area (Å²) in [5.41, 5.74) is 9.34. The monoisotopic (exact) mass is 466 g/mol. The molecule has 2 aromatic carbocycles. The molecule has 0 amide bonds. The summed E-state index contributed by atoms with van der Waals surface area (Å²) in [6, 6.07) is 18.4. The van der Waals surface area contributed by atoms with Gasteiger partial charge >= 0.3 is 168 Å². The van der Waals surface area contributed by atoms with E-state index in [4.69, 9.17) is 0 Å². The van der Waals surface area contributed by atoms with E-state index in [0.717, 1.165) is 12.8 Å². The maximum atomic E-state index is 2.75. The zero-order valence-electron chi connectivity index (χ0n) is 18.5. The Labute approximate surface area is 167 Å². The molecule has 0 saturated carbocycles. The van der Waals surface area contributed by atoms with Crippen molar-refractivity contribution in [2.45, 2.75) is 52.5 Å². The molecule has 0 heterocycles. The van der Waals surface area contributed by atoms with Crippen molar-refractivity contribution in [2.75, 3.05) is 0 Å². The van der Waals surface area contributed by atoms with E-state index >= 15 is 0 Å². The third kappa shape index (κ3) is 2.71. The maximum absolute atomic E-state index is 4.43. The molecule has 2 aliphatic carbocycles. The van der Waals surface area contributed by atoms with E-state index < -0.39 is 14.4 Å². The number of allylic oxidation sites excluding steroid dienone is 2. The van der Waals surface area contributed by atoms with Crippen LogP contribution in [0.1, 0.15) is 56.2 Å². The van der Waals surface area contributed by atoms with Crippen LogP contribution in [0.25, 0.3) is 12.2 Å². The topological polar surface area (TPSA) is 0 Å². The second-order valence-electron chi connectivity index (χ2n) is 13.6. The molecule has 0 saturated heterocycles. The third-order valence-electron chi connectivity index (χ3n) is 7.90. The van der Waals surface area contributed by atoms with E-state index in [1.54, 1.807) is 22.3 Å². The molecule has 2 aromatic rings. The van der Waals surface area contributed by atoms with Crippen LogP contribution in [0.3, 0.4) is 0 Å². The molecular formula is C26H36SiZr. The Morgan fingerprint density at radius 3 is 1.39 bits per heavy atom. The van der Waals surface area contributed by atoms with E-state index in [1.165, 1.54) is 11.1 Å². The van der Waals surface area contributed by atoms with Gasteiger partial charge in [-0.25, -0.2) is 0 Å². The quantitative estimate of drug-likeness (QED) is 0.406. The van der Waals surface area contributed by atoms with Gasteiger partial charge in [-0.1, -0.05) is 0 Å². The van der Waals surface area contributed by atoms with Crippen molar-refractivity contribution in [3.05, 3.63) is 81.9 Å². The van der Waals surface area contributed by atoms with Crippen LogP contribution < -0.4 is 0 Å². The van der Waals surface area contributed by atoms with Crippen molar-refractivity contribution < 1.29 is 14.4 Å². The fourth-order valence-electron chi connectivity index (χ4n) is 7.16. The van der Waals surface area contributed by atoms with Crippen molar-refractivity contribution in [3.8, 4) is 0 Å². The summed E-state index contributed by atoms with van der Waals surface area (Å²) >= 11 is -4.43. The predicted octanol–water partition coefficient (Wildman–Crippen LogP) is 7.58. The van der Waals surface area contributed by atoms with E-state index in [0.29, 0.717) is 7.25 Å². The fourth-order valence-corrected chi connectivity index (χ4v) is 34.1. The van der Waals surface area contributed by atoms with Gasteiger partial charge in [0.25, 0.3) is 0 Å². The van der Waals surface area contributed by atoms with E-state index in [1.807, 2.05) is 0 Å². The molecule has 0 aromatic heterocycles. The van der Waals surface area contributed by atoms with Gasteiger partial charge in [-0.2, -0.15) is 0 Å². The summed E-state index contributed by atoms with van der Waals surface area (Å²) in [7, 11) is 0. The zero-order chi connectivity index (χ0) is 20.5. The van der Waals surface area contributed by atoms with Gasteiger partial charge in [0.05, 0.1) is 0 Å². The number of benzene rings is 2. The van der Waals surface area contributed by atoms with E-state index in [-0.39, 0.29) is 0 Å². The molecule has 2 atom stereocenters. The van der Waals surface area contributed by atoms with Gasteiger partial charge in [0.1, 0.15) is 0 Å². The molecule has 2 aliphatic rings. The summed E-state index contributed by atoms with van der Waals surface area (Å²) in [4.78, 5) is 0. The van der Waals surface area contributed by atoms with Gasteiger partial charge in [0, 0.05) is 0 Å². The second-order valence-corrected chi connectivity index (χ2v) is 73.9. The van der Waals surface area contributed by atoms with Crippen molar-refractivity contribution in [1.29, 1.82) is 0 Å². The predicted molar refractivity (Wildman–Crippen MR) is 127 cm³/mol. The Morgan fingerprint density at radius 2 is 1.04 bits per heavy atom. The van der Waals surface area contributed by atoms with E-state index in [9.17, 15) is 0 Å². The van der Waals surface area contributed by atoms with Crippen molar-refractivity contribution in [1.82, 2.24) is 0 Å². The summed E-state index contributed by atoms with van der Waals surface area (Å²) in [5, 5.41) is 0. The molecule has 2 heteroatoms. The van der Waals surface area contributed by atoms with Gasteiger partial charge in [-0.05, 0) is 0 Å². The number of rotatable bonds is 4. The number of fused-ring (bicyclic) bond motifs is 2. The molecule has 0 spiro atoms. The minimum absolute atomic E-state index is 0.544. The minimum atomic E-state index is -4.43. The van der Waals surface area contributed by atoms with Crippen molar-refractivity contribution in [3.63, 3.8) is 0 Å². The summed E-state index contributed by atoms with van der Waals surface area (Å²) < 4.78 is 12.1. The van der Waals surface area contributed by atoms with Crippen molar-refractivity contribution >= 4 is 19.0 Å². The number of hydrogen-bond acceptors (Lipinski definition) is 0. The molecule has 2 unspecified atom stereocenters. The van der Waals surface area contributed by atoms with Gasteiger partial charge in [0.15, 0.2) is 0 Å². The van der Waals surface area contributed by atoms with Crippen LogP contribution in [0.4, 0.5) is 0 Å². The summed E-state index contributed by atoms with van der Waals surface area (Å²) in [6.45, 7) is 7.14. The molecule has 0 nitrogen and oxygen atoms in total. The first-order valence-corrected chi connectivity index (χ1v) is 29.6. The summed E-state index contributed by atoms with van der Waals surface area (Å²) in [5.74, 6) is 0. The third-order valence-corrected chi connectivity index (χ3v) is 31.1. The second kappa shape index (κ2) is 5.19. The molecule has 0 aliphatic heterocycles. The molecule has 0 fully saturated rings. The van der Waals surface area contributed by atoms with Crippen LogP contribution in [0, 0.1) is 0 Å². The van der Waals surface area contributed by atoms with Crippen LogP contribution in [0.5, 0.6) is 0 Å². The van der Waals surface area contributed by atoms with Gasteiger partial charge in [-0.15, -0.1) is 0 Å². The van der Waals surface area contributed by atoms with Crippen LogP contribution in [-0.2, 0) is 14.4 Å². The van der Waals surface area contributed by atoms with Crippen molar-refractivity contribution in [2.24, 2.45) is 0 Å². The van der Waals surface area contributed by atoms with Crippen LogP contribution in [0.15, 0.2) is 59.7 Å². The first kappa shape index (κ1) is 20.3. The Balaban J connectivity index is 2.10. The Bertz CT molecular complexity index is 1090. The Morgan fingerprint density at radius 1 is 0.679 bits per heavy atom. The average Bonchev–Trinajstić information content (AvgIpc) is 3.20. The fraction of sp³-hybridized carbons (Fsp3) is 0.385. The zero-order valence-corrected chi connectivity index (χ0v) is 22.4. The van der Waals surface area contributed by atoms with Crippen LogP contribution in [0.2, 0.25) is 18.5 Å². The molecule has 0 bridgehead atoms. The molecular weight excluding hydrogens is 432 g/mol. The SMILES string of the molecule is CCC1=Cc2ccccc2[CH]1[Zr]([CH3])([CH3])([CH3])([CH3])(=[SiH2])[CH]1C(CC)=Cc2ccccc21. The van der Waals surface area contributed by atoms with Gasteiger partial charge < -0.3 is 0 Å².